The molecular formula is C21H26N2O4S. The number of nitrogens with one attached hydrogen (secondary N) is 2. The molecule has 2 aromatic carbocycles. The highest BCUT2D eigenvalue weighted by atomic mass is 32.2. The fraction of sp³-hybridized carbons (Fsp3) is 0.381. The Morgan fingerprint density at radius 3 is 2.64 bits per heavy atom. The van der Waals surface area contributed by atoms with Crippen LogP contribution in [0.2, 0.25) is 0 Å². The lowest BCUT2D eigenvalue weighted by molar-refractivity contribution is 0.0940. The molecule has 0 aromatic heterocycles. The van der Waals surface area contributed by atoms with Gasteiger partial charge in [-0.25, -0.2) is 13.1 Å². The van der Waals surface area contributed by atoms with E-state index in [0.717, 1.165) is 24.8 Å². The Morgan fingerprint density at radius 1 is 1.18 bits per heavy atom. The number of fused-ring (bicyclic) bond motifs is 1. The van der Waals surface area contributed by atoms with E-state index >= 15 is 0 Å². The van der Waals surface area contributed by atoms with Crippen molar-refractivity contribution >= 4 is 15.9 Å². The summed E-state index contributed by atoms with van der Waals surface area (Å²) in [6.07, 6.45) is 2.62. The molecule has 2 aromatic rings. The molecule has 28 heavy (non-hydrogen) atoms. The molecule has 1 amide bonds. The predicted molar refractivity (Wildman–Crippen MR) is 108 cm³/mol. The van der Waals surface area contributed by atoms with Crippen molar-refractivity contribution < 1.29 is 17.9 Å². The second-order valence-electron chi connectivity index (χ2n) is 7.26. The van der Waals surface area contributed by atoms with E-state index < -0.39 is 10.0 Å². The fourth-order valence-corrected chi connectivity index (χ4v) is 4.78. The fourth-order valence-electron chi connectivity index (χ4n) is 3.50. The highest BCUT2D eigenvalue weighted by molar-refractivity contribution is 7.89. The molecule has 2 N–H and O–H groups in total. The number of benzene rings is 2. The Hall–Kier alpha value is -2.38. The summed E-state index contributed by atoms with van der Waals surface area (Å²) < 4.78 is 34.1. The first-order valence-corrected chi connectivity index (χ1v) is 10.9. The topological polar surface area (TPSA) is 84.5 Å². The van der Waals surface area contributed by atoms with Crippen molar-refractivity contribution in [2.75, 3.05) is 7.11 Å². The highest BCUT2D eigenvalue weighted by Gasteiger charge is 2.27. The maximum Gasteiger partial charge on any atom is 0.255 e. The second kappa shape index (κ2) is 8.32. The van der Waals surface area contributed by atoms with Crippen LogP contribution in [0.1, 0.15) is 54.2 Å². The molecule has 6 nitrogen and oxygen atoms in total. The molecule has 1 aliphatic carbocycles. The number of amides is 1. The minimum atomic E-state index is -3.80. The van der Waals surface area contributed by atoms with Gasteiger partial charge in [-0.2, -0.15) is 0 Å². The summed E-state index contributed by atoms with van der Waals surface area (Å²) in [5.41, 5.74) is 2.39. The van der Waals surface area contributed by atoms with Crippen LogP contribution in [-0.2, 0) is 16.4 Å². The lowest BCUT2D eigenvalue weighted by Gasteiger charge is -2.26. The Bertz CT molecular complexity index is 970. The van der Waals surface area contributed by atoms with Crippen molar-refractivity contribution in [2.24, 2.45) is 0 Å². The van der Waals surface area contributed by atoms with Gasteiger partial charge in [0.15, 0.2) is 0 Å². The van der Waals surface area contributed by atoms with Gasteiger partial charge >= 0.3 is 0 Å². The van der Waals surface area contributed by atoms with Crippen LogP contribution in [0.3, 0.4) is 0 Å². The Morgan fingerprint density at radius 2 is 1.93 bits per heavy atom. The van der Waals surface area contributed by atoms with Gasteiger partial charge in [-0.15, -0.1) is 0 Å². The third-order valence-corrected chi connectivity index (χ3v) is 6.28. The van der Waals surface area contributed by atoms with E-state index in [2.05, 4.69) is 10.0 Å². The van der Waals surface area contributed by atoms with Gasteiger partial charge in [0.2, 0.25) is 10.0 Å². The zero-order valence-corrected chi connectivity index (χ0v) is 17.2. The molecule has 150 valence electrons. The van der Waals surface area contributed by atoms with Gasteiger partial charge in [-0.3, -0.25) is 4.79 Å². The lowest BCUT2D eigenvalue weighted by Crippen LogP contribution is -2.32. The minimum absolute atomic E-state index is 0.0465. The van der Waals surface area contributed by atoms with Gasteiger partial charge in [0.05, 0.1) is 17.6 Å². The predicted octanol–water partition coefficient (Wildman–Crippen LogP) is 3.19. The summed E-state index contributed by atoms with van der Waals surface area (Å²) >= 11 is 0. The molecule has 0 saturated heterocycles. The van der Waals surface area contributed by atoms with E-state index in [-0.39, 0.29) is 28.4 Å². The van der Waals surface area contributed by atoms with E-state index in [0.29, 0.717) is 5.75 Å². The monoisotopic (exact) mass is 402 g/mol. The Labute approximate surface area is 166 Å². The van der Waals surface area contributed by atoms with Crippen LogP contribution in [-0.4, -0.2) is 27.5 Å². The molecular weight excluding hydrogens is 376 g/mol. The molecule has 1 aliphatic rings. The number of hydrogen-bond acceptors (Lipinski definition) is 4. The quantitative estimate of drug-likeness (QED) is 0.777. The SMILES string of the molecule is COc1ccc(S(=O)(=O)N[C@H]2CCCc3ccccc32)cc1C(=O)NC(C)C. The van der Waals surface area contributed by atoms with E-state index in [1.165, 1.54) is 30.9 Å². The third kappa shape index (κ3) is 4.36. The molecule has 3 rings (SSSR count). The molecule has 1 atom stereocenters. The first-order valence-electron chi connectivity index (χ1n) is 9.41. The van der Waals surface area contributed by atoms with Crippen molar-refractivity contribution in [3.05, 3.63) is 59.2 Å². The van der Waals surface area contributed by atoms with Crippen LogP contribution in [0.5, 0.6) is 5.75 Å². The molecule has 0 heterocycles. The Balaban J connectivity index is 1.91. The van der Waals surface area contributed by atoms with E-state index in [1.807, 2.05) is 38.1 Å². The third-order valence-electron chi connectivity index (χ3n) is 4.81. The number of ether oxygens (including phenoxy) is 1. The largest absolute Gasteiger partial charge is 0.496 e. The van der Waals surface area contributed by atoms with Crippen molar-refractivity contribution in [1.29, 1.82) is 0 Å². The zero-order chi connectivity index (χ0) is 20.3. The van der Waals surface area contributed by atoms with E-state index in [9.17, 15) is 13.2 Å². The van der Waals surface area contributed by atoms with Crippen molar-refractivity contribution in [2.45, 2.75) is 50.1 Å². The normalized spacial score (nSPS) is 16.5. The van der Waals surface area contributed by atoms with Gasteiger partial charge in [0.1, 0.15) is 5.75 Å². The maximum atomic E-state index is 13.0. The molecule has 0 bridgehead atoms. The number of hydrogen-bond donors (Lipinski definition) is 2. The highest BCUT2D eigenvalue weighted by Crippen LogP contribution is 2.31. The average molecular weight is 403 g/mol. The summed E-state index contributed by atoms with van der Waals surface area (Å²) in [5.74, 6) is -0.0352. The molecule has 0 spiro atoms. The van der Waals surface area contributed by atoms with Crippen LogP contribution in [0, 0.1) is 0 Å². The van der Waals surface area contributed by atoms with Gasteiger partial charge in [0, 0.05) is 12.1 Å². The number of carbonyl (C=O) groups is 1. The number of carbonyl (C=O) groups excluding carboxylic acids is 1. The molecule has 0 saturated carbocycles. The minimum Gasteiger partial charge on any atom is -0.496 e. The molecule has 0 fully saturated rings. The van der Waals surface area contributed by atoms with Crippen LogP contribution >= 0.6 is 0 Å². The lowest BCUT2D eigenvalue weighted by atomic mass is 9.88. The summed E-state index contributed by atoms with van der Waals surface area (Å²) in [6, 6.07) is 11.9. The molecule has 0 radical (unpaired) electrons. The van der Waals surface area contributed by atoms with Crippen molar-refractivity contribution in [1.82, 2.24) is 10.0 Å². The van der Waals surface area contributed by atoms with Gasteiger partial charge in [-0.05, 0) is 62.4 Å². The van der Waals surface area contributed by atoms with Gasteiger partial charge in [-0.1, -0.05) is 24.3 Å². The summed E-state index contributed by atoms with van der Waals surface area (Å²) in [5, 5.41) is 2.77. The summed E-state index contributed by atoms with van der Waals surface area (Å²) in [6.45, 7) is 3.68. The van der Waals surface area contributed by atoms with E-state index in [1.54, 1.807) is 0 Å². The first kappa shape index (κ1) is 20.4. The average Bonchev–Trinajstić information content (AvgIpc) is 2.67. The van der Waals surface area contributed by atoms with Crippen LogP contribution in [0.25, 0.3) is 0 Å². The Kier molecular flexibility index (Phi) is 6.05. The van der Waals surface area contributed by atoms with Crippen molar-refractivity contribution in [3.8, 4) is 5.75 Å². The van der Waals surface area contributed by atoms with Crippen molar-refractivity contribution in [3.63, 3.8) is 0 Å². The van der Waals surface area contributed by atoms with Gasteiger partial charge < -0.3 is 10.1 Å². The number of rotatable bonds is 6. The second-order valence-corrected chi connectivity index (χ2v) is 8.97. The van der Waals surface area contributed by atoms with Crippen LogP contribution in [0.15, 0.2) is 47.4 Å². The van der Waals surface area contributed by atoms with Crippen LogP contribution < -0.4 is 14.8 Å². The number of aryl methyl sites for hydroxylation is 1. The molecule has 0 unspecified atom stereocenters. The standard InChI is InChI=1S/C21H26N2O4S/c1-14(2)22-21(24)18-13-16(11-12-20(18)27-3)28(25,26)23-19-10-6-8-15-7-4-5-9-17(15)19/h4-5,7,9,11-14,19,23H,6,8,10H2,1-3H3,(H,22,24)/t19-/m0/s1. The molecule has 7 heteroatoms. The van der Waals surface area contributed by atoms with E-state index in [4.69, 9.17) is 4.74 Å². The molecule has 0 aliphatic heterocycles. The summed E-state index contributed by atoms with van der Waals surface area (Å²) in [4.78, 5) is 12.5. The maximum absolute atomic E-state index is 13.0. The van der Waals surface area contributed by atoms with Gasteiger partial charge in [0.25, 0.3) is 5.91 Å². The summed E-state index contributed by atoms with van der Waals surface area (Å²) in [7, 11) is -2.35. The number of methoxy groups -OCH3 is 1. The zero-order valence-electron chi connectivity index (χ0n) is 16.4. The smallest absolute Gasteiger partial charge is 0.255 e. The number of sulfonamides is 1. The van der Waals surface area contributed by atoms with Crippen LogP contribution in [0.4, 0.5) is 0 Å². The first-order chi connectivity index (χ1) is 13.3.